The van der Waals surface area contributed by atoms with Crippen LogP contribution in [0, 0.1) is 6.92 Å². The topological polar surface area (TPSA) is 67.4 Å². The first-order valence-electron chi connectivity index (χ1n) is 12.0. The smallest absolute Gasteiger partial charge is 0.258 e. The van der Waals surface area contributed by atoms with Crippen molar-refractivity contribution in [1.29, 1.82) is 0 Å². The Morgan fingerprint density at radius 1 is 1.21 bits per heavy atom. The number of amides is 1. The Kier molecular flexibility index (Phi) is 8.61. The van der Waals surface area contributed by atoms with Gasteiger partial charge in [0, 0.05) is 40.0 Å². The van der Waals surface area contributed by atoms with Gasteiger partial charge in [-0.25, -0.2) is 4.39 Å². The molecule has 1 amide bonds. The van der Waals surface area contributed by atoms with E-state index in [0.29, 0.717) is 41.0 Å². The first-order valence-corrected chi connectivity index (χ1v) is 12.3. The summed E-state index contributed by atoms with van der Waals surface area (Å²) in [5, 5.41) is 7.51. The lowest BCUT2D eigenvalue weighted by Gasteiger charge is -2.23. The highest BCUT2D eigenvalue weighted by molar-refractivity contribution is 6.31. The van der Waals surface area contributed by atoms with Crippen molar-refractivity contribution in [2.45, 2.75) is 13.3 Å². The van der Waals surface area contributed by atoms with Crippen molar-refractivity contribution in [3.63, 3.8) is 0 Å². The highest BCUT2D eigenvalue weighted by atomic mass is 35.5. The molecule has 0 saturated heterocycles. The van der Waals surface area contributed by atoms with Gasteiger partial charge in [0.15, 0.2) is 5.75 Å². The maximum Gasteiger partial charge on any atom is 0.258 e. The molecule has 2 heterocycles. The summed E-state index contributed by atoms with van der Waals surface area (Å²) in [5.41, 5.74) is 3.94. The van der Waals surface area contributed by atoms with Gasteiger partial charge in [-0.15, -0.1) is 0 Å². The predicted octanol–water partition coefficient (Wildman–Crippen LogP) is 7.92. The van der Waals surface area contributed by atoms with E-state index in [4.69, 9.17) is 21.1 Å². The molecule has 0 saturated carbocycles. The van der Waals surface area contributed by atoms with E-state index < -0.39 is 5.83 Å². The summed E-state index contributed by atoms with van der Waals surface area (Å²) in [6, 6.07) is 18.5. The molecular weight excluding hydrogens is 505 g/mol. The molecular formula is C30H27ClFN3O3. The summed E-state index contributed by atoms with van der Waals surface area (Å²) in [5.74, 6) is 1.33. The number of carbonyl (C=O) groups excluding carboxylic acids is 1. The van der Waals surface area contributed by atoms with Crippen molar-refractivity contribution in [2.75, 3.05) is 18.1 Å². The summed E-state index contributed by atoms with van der Waals surface area (Å²) >= 11 is 6.22. The largest absolute Gasteiger partial charge is 0.491 e. The zero-order valence-electron chi connectivity index (χ0n) is 20.9. The highest BCUT2D eigenvalue weighted by Crippen LogP contribution is 2.40. The molecule has 8 heteroatoms. The minimum Gasteiger partial charge on any atom is -0.491 e. The molecule has 1 N–H and O–H groups in total. The number of anilines is 1. The Morgan fingerprint density at radius 2 is 1.97 bits per heavy atom. The van der Waals surface area contributed by atoms with E-state index in [1.54, 1.807) is 23.2 Å². The van der Waals surface area contributed by atoms with Gasteiger partial charge in [-0.05, 0) is 55.8 Å². The number of rotatable bonds is 5. The van der Waals surface area contributed by atoms with Gasteiger partial charge in [0.2, 0.25) is 0 Å². The lowest BCUT2D eigenvalue weighted by Crippen LogP contribution is -2.31. The number of hydrogen-bond donors (Lipinski definition) is 1. The average Bonchev–Trinajstić information content (AvgIpc) is 3.38. The molecule has 0 radical (unpaired) electrons. The first-order chi connectivity index (χ1) is 18.4. The zero-order valence-corrected chi connectivity index (χ0v) is 21.7. The summed E-state index contributed by atoms with van der Waals surface area (Å²) in [7, 11) is 0. The molecule has 0 unspecified atom stereocenters. The van der Waals surface area contributed by atoms with E-state index in [-0.39, 0.29) is 5.91 Å². The monoisotopic (exact) mass is 531 g/mol. The van der Waals surface area contributed by atoms with Gasteiger partial charge in [0.1, 0.15) is 17.3 Å². The van der Waals surface area contributed by atoms with Crippen LogP contribution >= 0.6 is 11.6 Å². The van der Waals surface area contributed by atoms with Crippen LogP contribution in [0.25, 0.3) is 11.1 Å². The average molecular weight is 532 g/mol. The Bertz CT molecular complexity index is 1450. The molecule has 0 fully saturated rings. The summed E-state index contributed by atoms with van der Waals surface area (Å²) in [4.78, 5) is 15.4. The summed E-state index contributed by atoms with van der Waals surface area (Å²) in [6.45, 7) is 8.96. The number of allylic oxidation sites excluding steroid dienone is 2. The van der Waals surface area contributed by atoms with Crippen LogP contribution in [0.5, 0.6) is 17.2 Å². The molecule has 38 heavy (non-hydrogen) atoms. The van der Waals surface area contributed by atoms with Crippen LogP contribution in [0.15, 0.2) is 98.1 Å². The van der Waals surface area contributed by atoms with E-state index in [9.17, 15) is 9.18 Å². The molecule has 194 valence electrons. The van der Waals surface area contributed by atoms with E-state index in [0.717, 1.165) is 34.9 Å². The SMILES string of the molecule is C=CC(=C)F.Cc1c(Cl)cccc1Oc1cccc(C(=O)N2CCCOc3c(-c4cn[nH]c4)cccc32)c1. The van der Waals surface area contributed by atoms with Gasteiger partial charge >= 0.3 is 0 Å². The number of nitrogens with zero attached hydrogens (tertiary/aromatic N) is 2. The second kappa shape index (κ2) is 12.3. The minimum absolute atomic E-state index is 0.112. The van der Waals surface area contributed by atoms with Crippen LogP contribution in [0.1, 0.15) is 22.3 Å². The molecule has 0 aliphatic carbocycles. The second-order valence-electron chi connectivity index (χ2n) is 8.44. The number of fused-ring (bicyclic) bond motifs is 1. The van der Waals surface area contributed by atoms with Crippen molar-refractivity contribution < 1.29 is 18.7 Å². The van der Waals surface area contributed by atoms with Crippen molar-refractivity contribution >= 4 is 23.2 Å². The number of para-hydroxylation sites is 1. The van der Waals surface area contributed by atoms with Crippen LogP contribution in [0.4, 0.5) is 10.1 Å². The fraction of sp³-hybridized carbons (Fsp3) is 0.133. The van der Waals surface area contributed by atoms with E-state index in [1.807, 2.05) is 61.7 Å². The number of H-pyrrole nitrogens is 1. The number of aromatic nitrogens is 2. The molecule has 5 rings (SSSR count). The highest BCUT2D eigenvalue weighted by Gasteiger charge is 2.26. The zero-order chi connectivity index (χ0) is 27.1. The molecule has 6 nitrogen and oxygen atoms in total. The Hall–Kier alpha value is -4.36. The fourth-order valence-corrected chi connectivity index (χ4v) is 4.08. The van der Waals surface area contributed by atoms with E-state index >= 15 is 0 Å². The van der Waals surface area contributed by atoms with E-state index in [2.05, 4.69) is 23.4 Å². The molecule has 1 aromatic heterocycles. The van der Waals surface area contributed by atoms with Crippen LogP contribution in [0.3, 0.4) is 0 Å². The normalized spacial score (nSPS) is 12.2. The quantitative estimate of drug-likeness (QED) is 0.266. The maximum atomic E-state index is 13.6. The lowest BCUT2D eigenvalue weighted by atomic mass is 10.1. The van der Waals surface area contributed by atoms with Crippen molar-refractivity contribution in [3.05, 3.63) is 114 Å². The number of halogens is 2. The number of nitrogens with one attached hydrogen (secondary N) is 1. The Labute approximate surface area is 226 Å². The summed E-state index contributed by atoms with van der Waals surface area (Å²) in [6.07, 6.45) is 5.34. The molecule has 1 aliphatic heterocycles. The third-order valence-corrected chi connectivity index (χ3v) is 6.27. The van der Waals surface area contributed by atoms with Gasteiger partial charge in [-0.2, -0.15) is 5.10 Å². The second-order valence-corrected chi connectivity index (χ2v) is 8.85. The van der Waals surface area contributed by atoms with Gasteiger partial charge < -0.3 is 14.4 Å². The van der Waals surface area contributed by atoms with Crippen molar-refractivity contribution in [2.24, 2.45) is 0 Å². The third kappa shape index (κ3) is 6.12. The first kappa shape index (κ1) is 26.7. The molecule has 0 atom stereocenters. The van der Waals surface area contributed by atoms with Gasteiger partial charge in [0.05, 0.1) is 18.5 Å². The van der Waals surface area contributed by atoms with Gasteiger partial charge in [0.25, 0.3) is 5.91 Å². The van der Waals surface area contributed by atoms with Crippen LogP contribution in [-0.4, -0.2) is 29.3 Å². The number of carbonyl (C=O) groups is 1. The van der Waals surface area contributed by atoms with Crippen LogP contribution < -0.4 is 14.4 Å². The van der Waals surface area contributed by atoms with Gasteiger partial charge in [-0.1, -0.05) is 49.0 Å². The van der Waals surface area contributed by atoms with Crippen molar-refractivity contribution in [1.82, 2.24) is 10.2 Å². The number of aromatic amines is 1. The molecule has 0 bridgehead atoms. The Balaban J connectivity index is 0.000000617. The predicted molar refractivity (Wildman–Crippen MR) is 149 cm³/mol. The summed E-state index contributed by atoms with van der Waals surface area (Å²) < 4.78 is 23.2. The number of benzene rings is 3. The third-order valence-electron chi connectivity index (χ3n) is 5.86. The molecule has 1 aliphatic rings. The van der Waals surface area contributed by atoms with Crippen LogP contribution in [-0.2, 0) is 0 Å². The number of ether oxygens (including phenoxy) is 2. The fourth-order valence-electron chi connectivity index (χ4n) is 3.92. The minimum atomic E-state index is -0.481. The standard InChI is InChI=1S/C26H22ClN3O3.C4H5F/c1-17-22(27)9-4-11-24(17)33-20-7-2-6-18(14-20)26(31)30-12-5-13-32-25-21(8-3-10-23(25)30)19-15-28-29-16-19;1-3-4(2)5/h2-4,6-11,14-16H,5,12-13H2,1H3,(H,28,29);3H,1-2H2. The molecule has 4 aromatic rings. The number of hydrogen-bond acceptors (Lipinski definition) is 4. The lowest BCUT2D eigenvalue weighted by molar-refractivity contribution is 0.0987. The molecule has 3 aromatic carbocycles. The van der Waals surface area contributed by atoms with Crippen LogP contribution in [0.2, 0.25) is 5.02 Å². The van der Waals surface area contributed by atoms with Gasteiger partial charge in [-0.3, -0.25) is 9.89 Å². The van der Waals surface area contributed by atoms with E-state index in [1.165, 1.54) is 0 Å². The Morgan fingerprint density at radius 3 is 2.71 bits per heavy atom. The molecule has 0 spiro atoms. The van der Waals surface area contributed by atoms with Crippen molar-refractivity contribution in [3.8, 4) is 28.4 Å². The maximum absolute atomic E-state index is 13.6.